The van der Waals surface area contributed by atoms with Crippen molar-refractivity contribution in [3.63, 3.8) is 0 Å². The van der Waals surface area contributed by atoms with Crippen molar-refractivity contribution in [1.29, 1.82) is 0 Å². The zero-order valence-electron chi connectivity index (χ0n) is 14.7. The fraction of sp³-hybridized carbons (Fsp3) is 0.238. The Balaban J connectivity index is 1.47. The van der Waals surface area contributed by atoms with Gasteiger partial charge in [-0.15, -0.1) is 0 Å². The maximum absolute atomic E-state index is 12.5. The van der Waals surface area contributed by atoms with Gasteiger partial charge in [0, 0.05) is 28.5 Å². The van der Waals surface area contributed by atoms with Crippen LogP contribution < -0.4 is 10.6 Å². The summed E-state index contributed by atoms with van der Waals surface area (Å²) in [4.78, 5) is 24.7. The van der Waals surface area contributed by atoms with Crippen molar-refractivity contribution in [2.75, 3.05) is 5.32 Å². The Morgan fingerprint density at radius 1 is 1.08 bits per heavy atom. The SMILES string of the molecule is Cc1cc2ccccc2n1CC(=O)Nc1cccc(C(=O)NC2CC2)c1. The molecule has 4 rings (SSSR count). The maximum atomic E-state index is 12.5. The molecule has 2 amide bonds. The molecule has 0 saturated heterocycles. The zero-order valence-corrected chi connectivity index (χ0v) is 14.7. The number of carbonyl (C=O) groups excluding carboxylic acids is 2. The van der Waals surface area contributed by atoms with Gasteiger partial charge in [0.05, 0.1) is 0 Å². The predicted molar refractivity (Wildman–Crippen MR) is 102 cm³/mol. The number of carbonyl (C=O) groups is 2. The smallest absolute Gasteiger partial charge is 0.251 e. The molecule has 1 heterocycles. The molecular formula is C21H21N3O2. The van der Waals surface area contributed by atoms with Gasteiger partial charge < -0.3 is 15.2 Å². The third kappa shape index (κ3) is 3.47. The molecule has 0 unspecified atom stereocenters. The molecule has 1 aliphatic rings. The summed E-state index contributed by atoms with van der Waals surface area (Å²) in [5.41, 5.74) is 3.28. The number of aromatic nitrogens is 1. The van der Waals surface area contributed by atoms with Gasteiger partial charge in [0.15, 0.2) is 0 Å². The average Bonchev–Trinajstić information content (AvgIpc) is 3.39. The highest BCUT2D eigenvalue weighted by Gasteiger charge is 2.23. The first-order valence-corrected chi connectivity index (χ1v) is 8.86. The molecule has 0 spiro atoms. The summed E-state index contributed by atoms with van der Waals surface area (Å²) in [6, 6.07) is 17.5. The summed E-state index contributed by atoms with van der Waals surface area (Å²) in [5, 5.41) is 6.98. The molecule has 26 heavy (non-hydrogen) atoms. The van der Waals surface area contributed by atoms with Crippen molar-refractivity contribution in [3.8, 4) is 0 Å². The Morgan fingerprint density at radius 3 is 2.69 bits per heavy atom. The van der Waals surface area contributed by atoms with E-state index in [9.17, 15) is 9.59 Å². The summed E-state index contributed by atoms with van der Waals surface area (Å²) >= 11 is 0. The van der Waals surface area contributed by atoms with Crippen molar-refractivity contribution in [3.05, 3.63) is 65.9 Å². The lowest BCUT2D eigenvalue weighted by molar-refractivity contribution is -0.116. The molecule has 0 radical (unpaired) electrons. The Bertz CT molecular complexity index is 986. The van der Waals surface area contributed by atoms with Crippen LogP contribution in [-0.4, -0.2) is 22.4 Å². The highest BCUT2D eigenvalue weighted by Crippen LogP contribution is 2.21. The third-order valence-electron chi connectivity index (χ3n) is 4.64. The van der Waals surface area contributed by atoms with E-state index in [1.807, 2.05) is 35.8 Å². The standard InChI is InChI=1S/C21H21N3O2/c1-14-11-15-5-2-3-8-19(15)24(14)13-20(25)22-18-7-4-6-16(12-18)21(26)23-17-9-10-17/h2-8,11-12,17H,9-10,13H2,1H3,(H,22,25)(H,23,26). The van der Waals surface area contributed by atoms with E-state index >= 15 is 0 Å². The van der Waals surface area contributed by atoms with E-state index < -0.39 is 0 Å². The zero-order chi connectivity index (χ0) is 18.1. The van der Waals surface area contributed by atoms with E-state index in [2.05, 4.69) is 16.7 Å². The first-order chi connectivity index (χ1) is 12.6. The third-order valence-corrected chi connectivity index (χ3v) is 4.64. The minimum atomic E-state index is -0.116. The van der Waals surface area contributed by atoms with Crippen LogP contribution in [0.3, 0.4) is 0 Å². The molecule has 1 aromatic heterocycles. The maximum Gasteiger partial charge on any atom is 0.251 e. The van der Waals surface area contributed by atoms with Crippen molar-refractivity contribution in [2.45, 2.75) is 32.4 Å². The van der Waals surface area contributed by atoms with Crippen LogP contribution in [0.1, 0.15) is 28.9 Å². The van der Waals surface area contributed by atoms with Crippen LogP contribution in [0.25, 0.3) is 10.9 Å². The Hall–Kier alpha value is -3.08. The van der Waals surface area contributed by atoms with E-state index in [1.165, 1.54) is 0 Å². The van der Waals surface area contributed by atoms with Gasteiger partial charge in [-0.25, -0.2) is 0 Å². The van der Waals surface area contributed by atoms with Crippen LogP contribution in [0.15, 0.2) is 54.6 Å². The van der Waals surface area contributed by atoms with Crippen molar-refractivity contribution in [1.82, 2.24) is 9.88 Å². The monoisotopic (exact) mass is 347 g/mol. The fourth-order valence-electron chi connectivity index (χ4n) is 3.14. The summed E-state index contributed by atoms with van der Waals surface area (Å²) < 4.78 is 1.99. The first kappa shape index (κ1) is 16.4. The lowest BCUT2D eigenvalue weighted by atomic mass is 10.2. The van der Waals surface area contributed by atoms with Crippen LogP contribution in [0.4, 0.5) is 5.69 Å². The lowest BCUT2D eigenvalue weighted by Crippen LogP contribution is -2.25. The predicted octanol–water partition coefficient (Wildman–Crippen LogP) is 3.48. The molecule has 2 N–H and O–H groups in total. The number of rotatable bonds is 5. The van der Waals surface area contributed by atoms with Gasteiger partial charge in [0.2, 0.25) is 5.91 Å². The van der Waals surface area contributed by atoms with Gasteiger partial charge in [0.25, 0.3) is 5.91 Å². The summed E-state index contributed by atoms with van der Waals surface area (Å²) in [7, 11) is 0. The fourth-order valence-corrected chi connectivity index (χ4v) is 3.14. The molecule has 132 valence electrons. The number of fused-ring (bicyclic) bond motifs is 1. The number of nitrogens with zero attached hydrogens (tertiary/aromatic N) is 1. The minimum absolute atomic E-state index is 0.0872. The number of benzene rings is 2. The van der Waals surface area contributed by atoms with E-state index in [0.717, 1.165) is 29.4 Å². The van der Waals surface area contributed by atoms with Crippen molar-refractivity contribution in [2.24, 2.45) is 0 Å². The number of anilines is 1. The van der Waals surface area contributed by atoms with Gasteiger partial charge in [-0.1, -0.05) is 24.3 Å². The summed E-state index contributed by atoms with van der Waals surface area (Å²) in [5.74, 6) is -0.204. The largest absolute Gasteiger partial charge is 0.349 e. The summed E-state index contributed by atoms with van der Waals surface area (Å²) in [6.07, 6.45) is 2.10. The molecule has 1 aliphatic carbocycles. The van der Waals surface area contributed by atoms with Crippen LogP contribution >= 0.6 is 0 Å². The Kier molecular flexibility index (Phi) is 4.21. The molecule has 5 heteroatoms. The second-order valence-electron chi connectivity index (χ2n) is 6.81. The van der Waals surface area contributed by atoms with E-state index in [4.69, 9.17) is 0 Å². The van der Waals surface area contributed by atoms with Crippen LogP contribution in [0.2, 0.25) is 0 Å². The average molecular weight is 347 g/mol. The van der Waals surface area contributed by atoms with Gasteiger partial charge in [-0.05, 0) is 55.5 Å². The second-order valence-corrected chi connectivity index (χ2v) is 6.81. The lowest BCUT2D eigenvalue weighted by Gasteiger charge is -2.10. The van der Waals surface area contributed by atoms with Gasteiger partial charge >= 0.3 is 0 Å². The van der Waals surface area contributed by atoms with E-state index in [0.29, 0.717) is 17.3 Å². The van der Waals surface area contributed by atoms with Crippen LogP contribution in [-0.2, 0) is 11.3 Å². The molecule has 3 aromatic rings. The van der Waals surface area contributed by atoms with Crippen LogP contribution in [0.5, 0.6) is 0 Å². The molecular weight excluding hydrogens is 326 g/mol. The number of hydrogen-bond donors (Lipinski definition) is 2. The molecule has 0 atom stereocenters. The van der Waals surface area contributed by atoms with Crippen molar-refractivity contribution >= 4 is 28.4 Å². The Labute approximate surface area is 152 Å². The Morgan fingerprint density at radius 2 is 1.88 bits per heavy atom. The summed E-state index contributed by atoms with van der Waals surface area (Å²) in [6.45, 7) is 2.23. The van der Waals surface area contributed by atoms with E-state index in [-0.39, 0.29) is 18.4 Å². The highest BCUT2D eigenvalue weighted by atomic mass is 16.2. The molecule has 1 saturated carbocycles. The number of aryl methyl sites for hydroxylation is 1. The normalized spacial score (nSPS) is 13.6. The second kappa shape index (κ2) is 6.67. The molecule has 5 nitrogen and oxygen atoms in total. The number of para-hydroxylation sites is 1. The van der Waals surface area contributed by atoms with Crippen LogP contribution in [0, 0.1) is 6.92 Å². The quantitative estimate of drug-likeness (QED) is 0.742. The van der Waals surface area contributed by atoms with Gasteiger partial charge in [-0.2, -0.15) is 0 Å². The first-order valence-electron chi connectivity index (χ1n) is 8.86. The molecule has 0 aliphatic heterocycles. The van der Waals surface area contributed by atoms with Gasteiger partial charge in [-0.3, -0.25) is 9.59 Å². The van der Waals surface area contributed by atoms with E-state index in [1.54, 1.807) is 24.3 Å². The number of hydrogen-bond acceptors (Lipinski definition) is 2. The topological polar surface area (TPSA) is 63.1 Å². The molecule has 0 bridgehead atoms. The van der Waals surface area contributed by atoms with Crippen molar-refractivity contribution < 1.29 is 9.59 Å². The van der Waals surface area contributed by atoms with Gasteiger partial charge in [0.1, 0.15) is 6.54 Å². The number of nitrogens with one attached hydrogen (secondary N) is 2. The number of amides is 2. The molecule has 2 aromatic carbocycles. The highest BCUT2D eigenvalue weighted by molar-refractivity contribution is 5.97. The minimum Gasteiger partial charge on any atom is -0.349 e. The molecule has 1 fully saturated rings.